The average molecular weight is 284 g/mol. The number of likely N-dealkylation sites (N-methyl/N-ethyl adjacent to an activating group) is 1. The Morgan fingerprint density at radius 1 is 1.10 bits per heavy atom. The van der Waals surface area contributed by atoms with E-state index >= 15 is 0 Å². The van der Waals surface area contributed by atoms with E-state index in [2.05, 4.69) is 67.4 Å². The number of ether oxygens (including phenoxy) is 1. The van der Waals surface area contributed by atoms with Crippen molar-refractivity contribution in [2.45, 2.75) is 19.6 Å². The lowest BCUT2D eigenvalue weighted by molar-refractivity contribution is 0.185. The number of nitrogens with two attached hydrogens (primary N) is 1. The zero-order chi connectivity index (χ0) is 15.2. The molecule has 0 heterocycles. The quantitative estimate of drug-likeness (QED) is 0.884. The van der Waals surface area contributed by atoms with Gasteiger partial charge in [-0.25, -0.2) is 0 Å². The van der Waals surface area contributed by atoms with Crippen LogP contribution in [0, 0.1) is 6.92 Å². The zero-order valence-corrected chi connectivity index (χ0v) is 13.0. The van der Waals surface area contributed by atoms with Crippen molar-refractivity contribution in [3.63, 3.8) is 0 Å². The molecule has 0 spiro atoms. The summed E-state index contributed by atoms with van der Waals surface area (Å²) in [6, 6.07) is 17.0. The minimum absolute atomic E-state index is 0.169. The fraction of sp³-hybridized carbons (Fsp3) is 0.333. The van der Waals surface area contributed by atoms with Crippen LogP contribution in [-0.4, -0.2) is 20.7 Å². The number of aryl methyl sites for hydroxylation is 1. The molecule has 0 aliphatic heterocycles. The van der Waals surface area contributed by atoms with Crippen molar-refractivity contribution in [2.24, 2.45) is 5.73 Å². The highest BCUT2D eigenvalue weighted by atomic mass is 16.5. The summed E-state index contributed by atoms with van der Waals surface area (Å²) in [5, 5.41) is 0. The van der Waals surface area contributed by atoms with Gasteiger partial charge in [0.15, 0.2) is 0 Å². The van der Waals surface area contributed by atoms with Crippen molar-refractivity contribution < 1.29 is 4.74 Å². The maximum atomic E-state index is 6.02. The fourth-order valence-electron chi connectivity index (χ4n) is 2.65. The molecule has 0 fully saturated rings. The Labute approximate surface area is 127 Å². The topological polar surface area (TPSA) is 38.5 Å². The SMILES string of the molecule is COCc1ccc(C(CN)N(C)c2ccccc2C)cc1. The molecule has 0 radical (unpaired) electrons. The first-order chi connectivity index (χ1) is 10.2. The number of methoxy groups -OCH3 is 1. The zero-order valence-electron chi connectivity index (χ0n) is 13.0. The van der Waals surface area contributed by atoms with E-state index in [0.29, 0.717) is 13.2 Å². The second-order valence-electron chi connectivity index (χ2n) is 5.32. The molecule has 21 heavy (non-hydrogen) atoms. The molecule has 0 amide bonds. The first-order valence-corrected chi connectivity index (χ1v) is 7.23. The van der Waals surface area contributed by atoms with Crippen LogP contribution in [0.25, 0.3) is 0 Å². The summed E-state index contributed by atoms with van der Waals surface area (Å²) in [5.41, 5.74) is 10.9. The lowest BCUT2D eigenvalue weighted by Gasteiger charge is -2.31. The number of benzene rings is 2. The van der Waals surface area contributed by atoms with E-state index < -0.39 is 0 Å². The van der Waals surface area contributed by atoms with Crippen LogP contribution in [0.5, 0.6) is 0 Å². The van der Waals surface area contributed by atoms with Crippen LogP contribution in [0.1, 0.15) is 22.7 Å². The minimum atomic E-state index is 0.169. The fourth-order valence-corrected chi connectivity index (χ4v) is 2.65. The lowest BCUT2D eigenvalue weighted by atomic mass is 10.0. The van der Waals surface area contributed by atoms with Gasteiger partial charge in [0.05, 0.1) is 12.6 Å². The third-order valence-corrected chi connectivity index (χ3v) is 3.86. The highest BCUT2D eigenvalue weighted by Crippen LogP contribution is 2.27. The van der Waals surface area contributed by atoms with Gasteiger partial charge in [-0.2, -0.15) is 0 Å². The largest absolute Gasteiger partial charge is 0.380 e. The molecular weight excluding hydrogens is 260 g/mol. The Bertz CT molecular complexity index is 566. The maximum Gasteiger partial charge on any atom is 0.0713 e. The van der Waals surface area contributed by atoms with E-state index in [1.807, 2.05) is 0 Å². The van der Waals surface area contributed by atoms with Gasteiger partial charge in [0, 0.05) is 26.4 Å². The van der Waals surface area contributed by atoms with Crippen molar-refractivity contribution in [3.05, 3.63) is 65.2 Å². The average Bonchev–Trinajstić information content (AvgIpc) is 2.50. The van der Waals surface area contributed by atoms with Crippen LogP contribution < -0.4 is 10.6 Å². The van der Waals surface area contributed by atoms with Crippen LogP contribution in [0.4, 0.5) is 5.69 Å². The van der Waals surface area contributed by atoms with Crippen LogP contribution in [0.2, 0.25) is 0 Å². The highest BCUT2D eigenvalue weighted by Gasteiger charge is 2.17. The normalized spacial score (nSPS) is 12.2. The Hall–Kier alpha value is -1.84. The molecule has 2 aromatic carbocycles. The Morgan fingerprint density at radius 3 is 2.33 bits per heavy atom. The van der Waals surface area contributed by atoms with Gasteiger partial charge in [0.1, 0.15) is 0 Å². The molecule has 0 saturated heterocycles. The van der Waals surface area contributed by atoms with Gasteiger partial charge in [-0.05, 0) is 29.7 Å². The number of anilines is 1. The van der Waals surface area contributed by atoms with E-state index in [1.54, 1.807) is 7.11 Å². The molecule has 2 N–H and O–H groups in total. The molecule has 0 bridgehead atoms. The molecule has 0 aliphatic carbocycles. The second-order valence-corrected chi connectivity index (χ2v) is 5.32. The Balaban J connectivity index is 2.24. The summed E-state index contributed by atoms with van der Waals surface area (Å²) < 4.78 is 5.15. The van der Waals surface area contributed by atoms with Crippen molar-refractivity contribution in [2.75, 3.05) is 25.6 Å². The van der Waals surface area contributed by atoms with Gasteiger partial charge in [0.2, 0.25) is 0 Å². The maximum absolute atomic E-state index is 6.02. The number of hydrogen-bond acceptors (Lipinski definition) is 3. The third kappa shape index (κ3) is 3.63. The molecule has 0 aliphatic rings. The van der Waals surface area contributed by atoms with E-state index in [4.69, 9.17) is 10.5 Å². The van der Waals surface area contributed by atoms with Gasteiger partial charge in [-0.3, -0.25) is 0 Å². The summed E-state index contributed by atoms with van der Waals surface area (Å²) in [4.78, 5) is 2.25. The molecule has 0 aromatic heterocycles. The van der Waals surface area contributed by atoms with E-state index in [-0.39, 0.29) is 6.04 Å². The Morgan fingerprint density at radius 2 is 1.76 bits per heavy atom. The second kappa shape index (κ2) is 7.25. The molecule has 0 saturated carbocycles. The first-order valence-electron chi connectivity index (χ1n) is 7.23. The number of rotatable bonds is 6. The lowest BCUT2D eigenvalue weighted by Crippen LogP contribution is -2.30. The summed E-state index contributed by atoms with van der Waals surface area (Å²) >= 11 is 0. The smallest absolute Gasteiger partial charge is 0.0713 e. The van der Waals surface area contributed by atoms with Gasteiger partial charge in [-0.1, -0.05) is 42.5 Å². The van der Waals surface area contributed by atoms with E-state index in [9.17, 15) is 0 Å². The molecular formula is C18H24N2O. The molecule has 3 heteroatoms. The summed E-state index contributed by atoms with van der Waals surface area (Å²) in [6.45, 7) is 3.34. The molecule has 1 unspecified atom stereocenters. The summed E-state index contributed by atoms with van der Waals surface area (Å²) in [5.74, 6) is 0. The molecule has 3 nitrogen and oxygen atoms in total. The standard InChI is InChI=1S/C18H24N2O/c1-14-6-4-5-7-17(14)20(2)18(12-19)16-10-8-15(9-11-16)13-21-3/h4-11,18H,12-13,19H2,1-3H3. The predicted octanol–water partition coefficient (Wildman–Crippen LogP) is 3.28. The van der Waals surface area contributed by atoms with E-state index in [0.717, 1.165) is 0 Å². The molecule has 112 valence electrons. The number of para-hydroxylation sites is 1. The number of nitrogens with zero attached hydrogens (tertiary/aromatic N) is 1. The van der Waals surface area contributed by atoms with Crippen molar-refractivity contribution in [1.82, 2.24) is 0 Å². The van der Waals surface area contributed by atoms with Crippen molar-refractivity contribution in [1.29, 1.82) is 0 Å². The molecule has 2 rings (SSSR count). The van der Waals surface area contributed by atoms with Crippen molar-refractivity contribution in [3.8, 4) is 0 Å². The van der Waals surface area contributed by atoms with Crippen LogP contribution >= 0.6 is 0 Å². The van der Waals surface area contributed by atoms with Crippen LogP contribution in [-0.2, 0) is 11.3 Å². The monoisotopic (exact) mass is 284 g/mol. The Kier molecular flexibility index (Phi) is 5.37. The first kappa shape index (κ1) is 15.5. The van der Waals surface area contributed by atoms with Gasteiger partial charge in [-0.15, -0.1) is 0 Å². The van der Waals surface area contributed by atoms with Gasteiger partial charge >= 0.3 is 0 Å². The number of hydrogen-bond donors (Lipinski definition) is 1. The van der Waals surface area contributed by atoms with Gasteiger partial charge < -0.3 is 15.4 Å². The molecule has 1 atom stereocenters. The van der Waals surface area contributed by atoms with Crippen LogP contribution in [0.3, 0.4) is 0 Å². The van der Waals surface area contributed by atoms with Gasteiger partial charge in [0.25, 0.3) is 0 Å². The minimum Gasteiger partial charge on any atom is -0.380 e. The van der Waals surface area contributed by atoms with Crippen molar-refractivity contribution >= 4 is 5.69 Å². The predicted molar refractivity (Wildman–Crippen MR) is 88.5 cm³/mol. The highest BCUT2D eigenvalue weighted by molar-refractivity contribution is 5.54. The molecule has 2 aromatic rings. The van der Waals surface area contributed by atoms with Crippen LogP contribution in [0.15, 0.2) is 48.5 Å². The summed E-state index contributed by atoms with van der Waals surface area (Å²) in [7, 11) is 3.81. The van der Waals surface area contributed by atoms with E-state index in [1.165, 1.54) is 22.4 Å². The third-order valence-electron chi connectivity index (χ3n) is 3.86. The summed E-state index contributed by atoms with van der Waals surface area (Å²) in [6.07, 6.45) is 0.